The predicted molar refractivity (Wildman–Crippen MR) is 104 cm³/mol. The van der Waals surface area contributed by atoms with Crippen molar-refractivity contribution in [3.05, 3.63) is 78.1 Å². The Hall–Kier alpha value is -2.71. The fraction of sp³-hybridized carbons (Fsp3) is 0.211. The van der Waals surface area contributed by atoms with E-state index < -0.39 is 10.0 Å². The Labute approximate surface area is 158 Å². The van der Waals surface area contributed by atoms with Gasteiger partial charge in [-0.1, -0.05) is 30.3 Å². The smallest absolute Gasteiger partial charge is 0.319 e. The minimum atomic E-state index is -3.42. The standard InChI is InChI=1S/C19H22FN3O3S/c1-2-12-22-27(25,26)14-16-5-9-18(10-6-16)23-19(24)21-13-11-15-3-7-17(20)8-4-15/h2-10,22H,1,11-14H2,(H2,21,23,24). The van der Waals surface area contributed by atoms with Crippen LogP contribution in [0.15, 0.2) is 61.2 Å². The van der Waals surface area contributed by atoms with Crippen LogP contribution in [0.5, 0.6) is 0 Å². The van der Waals surface area contributed by atoms with Gasteiger partial charge in [0.15, 0.2) is 0 Å². The van der Waals surface area contributed by atoms with Crippen LogP contribution >= 0.6 is 0 Å². The number of carbonyl (C=O) groups excluding carboxylic acids is 1. The maximum Gasteiger partial charge on any atom is 0.319 e. The third-order valence-electron chi connectivity index (χ3n) is 3.63. The van der Waals surface area contributed by atoms with Gasteiger partial charge in [0, 0.05) is 18.8 Å². The van der Waals surface area contributed by atoms with E-state index in [4.69, 9.17) is 0 Å². The number of halogens is 1. The lowest BCUT2D eigenvalue weighted by Gasteiger charge is -2.09. The second-order valence-electron chi connectivity index (χ2n) is 5.85. The first-order valence-electron chi connectivity index (χ1n) is 8.34. The van der Waals surface area contributed by atoms with Gasteiger partial charge in [-0.2, -0.15) is 0 Å². The molecule has 0 radical (unpaired) electrons. The third kappa shape index (κ3) is 7.59. The van der Waals surface area contributed by atoms with E-state index >= 15 is 0 Å². The Morgan fingerprint density at radius 1 is 1.04 bits per heavy atom. The predicted octanol–water partition coefficient (Wildman–Crippen LogP) is 2.80. The number of hydrogen-bond donors (Lipinski definition) is 3. The molecule has 2 rings (SSSR count). The summed E-state index contributed by atoms with van der Waals surface area (Å²) >= 11 is 0. The van der Waals surface area contributed by atoms with Crippen molar-refractivity contribution < 1.29 is 17.6 Å². The first kappa shape index (κ1) is 20.6. The number of nitrogens with one attached hydrogen (secondary N) is 3. The van der Waals surface area contributed by atoms with Crippen LogP contribution in [0, 0.1) is 5.82 Å². The quantitative estimate of drug-likeness (QED) is 0.575. The normalized spacial score (nSPS) is 11.0. The van der Waals surface area contributed by atoms with Gasteiger partial charge in [-0.05, 0) is 41.8 Å². The molecule has 0 heterocycles. The van der Waals surface area contributed by atoms with Gasteiger partial charge in [-0.3, -0.25) is 0 Å². The van der Waals surface area contributed by atoms with Crippen molar-refractivity contribution in [2.75, 3.05) is 18.4 Å². The molecule has 0 aliphatic rings. The molecule has 2 aromatic rings. The molecule has 0 saturated carbocycles. The van der Waals surface area contributed by atoms with Crippen LogP contribution < -0.4 is 15.4 Å². The van der Waals surface area contributed by atoms with Crippen LogP contribution in [-0.2, 0) is 22.2 Å². The number of anilines is 1. The van der Waals surface area contributed by atoms with Crippen molar-refractivity contribution in [1.82, 2.24) is 10.0 Å². The Morgan fingerprint density at radius 3 is 2.30 bits per heavy atom. The number of hydrogen-bond acceptors (Lipinski definition) is 3. The summed E-state index contributed by atoms with van der Waals surface area (Å²) < 4.78 is 38.9. The molecule has 0 aliphatic heterocycles. The Bertz CT molecular complexity index is 866. The molecule has 0 fully saturated rings. The van der Waals surface area contributed by atoms with E-state index in [1.54, 1.807) is 36.4 Å². The fourth-order valence-electron chi connectivity index (χ4n) is 2.29. The molecule has 0 bridgehead atoms. The van der Waals surface area contributed by atoms with Crippen molar-refractivity contribution >= 4 is 21.7 Å². The molecule has 0 saturated heterocycles. The molecular weight excluding hydrogens is 369 g/mol. The average Bonchev–Trinajstić information content (AvgIpc) is 2.63. The van der Waals surface area contributed by atoms with Gasteiger partial charge in [0.25, 0.3) is 0 Å². The first-order valence-corrected chi connectivity index (χ1v) is 9.99. The van der Waals surface area contributed by atoms with Crippen molar-refractivity contribution in [2.45, 2.75) is 12.2 Å². The maximum absolute atomic E-state index is 12.8. The zero-order valence-corrected chi connectivity index (χ0v) is 15.6. The Morgan fingerprint density at radius 2 is 1.67 bits per heavy atom. The van der Waals surface area contributed by atoms with Gasteiger partial charge in [0.2, 0.25) is 10.0 Å². The number of carbonyl (C=O) groups is 1. The molecule has 8 heteroatoms. The van der Waals surface area contributed by atoms with Crippen LogP contribution in [0.1, 0.15) is 11.1 Å². The molecule has 0 atom stereocenters. The maximum atomic E-state index is 12.8. The molecule has 3 N–H and O–H groups in total. The molecule has 144 valence electrons. The van der Waals surface area contributed by atoms with Crippen LogP contribution in [0.4, 0.5) is 14.9 Å². The minimum Gasteiger partial charge on any atom is -0.338 e. The number of sulfonamides is 1. The highest BCUT2D eigenvalue weighted by atomic mass is 32.2. The second kappa shape index (κ2) is 9.84. The third-order valence-corrected chi connectivity index (χ3v) is 4.95. The van der Waals surface area contributed by atoms with Gasteiger partial charge < -0.3 is 10.6 Å². The lowest BCUT2D eigenvalue weighted by atomic mass is 10.1. The molecule has 0 aliphatic carbocycles. The topological polar surface area (TPSA) is 87.3 Å². The molecular formula is C19H22FN3O3S. The molecule has 0 aromatic heterocycles. The number of amides is 2. The van der Waals surface area contributed by atoms with Crippen molar-refractivity contribution in [2.24, 2.45) is 0 Å². The summed E-state index contributed by atoms with van der Waals surface area (Å²) in [6, 6.07) is 12.3. The van der Waals surface area contributed by atoms with E-state index in [0.717, 1.165) is 5.56 Å². The van der Waals surface area contributed by atoms with Gasteiger partial charge >= 0.3 is 6.03 Å². The van der Waals surface area contributed by atoms with Gasteiger partial charge in [-0.15, -0.1) is 6.58 Å². The van der Waals surface area contributed by atoms with E-state index in [2.05, 4.69) is 21.9 Å². The van der Waals surface area contributed by atoms with Crippen LogP contribution in [-0.4, -0.2) is 27.5 Å². The number of urea groups is 1. The summed E-state index contributed by atoms with van der Waals surface area (Å²) in [7, 11) is -3.42. The zero-order chi connectivity index (χ0) is 19.7. The highest BCUT2D eigenvalue weighted by molar-refractivity contribution is 7.88. The summed E-state index contributed by atoms with van der Waals surface area (Å²) in [5.41, 5.74) is 2.08. The highest BCUT2D eigenvalue weighted by Gasteiger charge is 2.10. The first-order chi connectivity index (χ1) is 12.9. The molecule has 6 nitrogen and oxygen atoms in total. The summed E-state index contributed by atoms with van der Waals surface area (Å²) in [5.74, 6) is -0.442. The van der Waals surface area contributed by atoms with Crippen LogP contribution in [0.2, 0.25) is 0 Å². The fourth-order valence-corrected chi connectivity index (χ4v) is 3.39. The summed E-state index contributed by atoms with van der Waals surface area (Å²) in [5, 5.41) is 5.38. The molecule has 2 aromatic carbocycles. The SMILES string of the molecule is C=CCNS(=O)(=O)Cc1ccc(NC(=O)NCCc2ccc(F)cc2)cc1. The van der Waals surface area contributed by atoms with Crippen LogP contribution in [0.3, 0.4) is 0 Å². The van der Waals surface area contributed by atoms with Gasteiger partial charge in [0.05, 0.1) is 5.75 Å². The summed E-state index contributed by atoms with van der Waals surface area (Å²) in [4.78, 5) is 11.9. The van der Waals surface area contributed by atoms with E-state index in [9.17, 15) is 17.6 Å². The zero-order valence-electron chi connectivity index (χ0n) is 14.7. The van der Waals surface area contributed by atoms with Crippen molar-refractivity contribution in [1.29, 1.82) is 0 Å². The van der Waals surface area contributed by atoms with Crippen molar-refractivity contribution in [3.63, 3.8) is 0 Å². The second-order valence-corrected chi connectivity index (χ2v) is 7.66. The minimum absolute atomic E-state index is 0.148. The molecule has 2 amide bonds. The lowest BCUT2D eigenvalue weighted by Crippen LogP contribution is -2.30. The van der Waals surface area contributed by atoms with Crippen molar-refractivity contribution in [3.8, 4) is 0 Å². The highest BCUT2D eigenvalue weighted by Crippen LogP contribution is 2.12. The monoisotopic (exact) mass is 391 g/mol. The molecule has 27 heavy (non-hydrogen) atoms. The Kier molecular flexibility index (Phi) is 7.51. The van der Waals surface area contributed by atoms with Gasteiger partial charge in [-0.25, -0.2) is 22.3 Å². The molecule has 0 unspecified atom stereocenters. The summed E-state index contributed by atoms with van der Waals surface area (Å²) in [6.45, 7) is 4.05. The number of rotatable bonds is 9. The van der Waals surface area contributed by atoms with E-state index in [1.807, 2.05) is 0 Å². The van der Waals surface area contributed by atoms with Crippen LogP contribution in [0.25, 0.3) is 0 Å². The Balaban J connectivity index is 1.78. The summed E-state index contributed by atoms with van der Waals surface area (Å²) in [6.07, 6.45) is 2.06. The largest absolute Gasteiger partial charge is 0.338 e. The molecule has 0 spiro atoms. The van der Waals surface area contributed by atoms with Gasteiger partial charge in [0.1, 0.15) is 5.82 Å². The average molecular weight is 391 g/mol. The lowest BCUT2D eigenvalue weighted by molar-refractivity contribution is 0.252. The van der Waals surface area contributed by atoms with E-state index in [0.29, 0.717) is 24.2 Å². The van der Waals surface area contributed by atoms with E-state index in [-0.39, 0.29) is 24.1 Å². The van der Waals surface area contributed by atoms with E-state index in [1.165, 1.54) is 18.2 Å². The number of benzene rings is 2.